The van der Waals surface area contributed by atoms with Gasteiger partial charge < -0.3 is 9.47 Å². The fraction of sp³-hybridized carbons (Fsp3) is 0.320. The summed E-state index contributed by atoms with van der Waals surface area (Å²) in [5.41, 5.74) is 2.45. The fourth-order valence-electron chi connectivity index (χ4n) is 4.68. The van der Waals surface area contributed by atoms with Gasteiger partial charge in [0.1, 0.15) is 6.61 Å². The van der Waals surface area contributed by atoms with E-state index in [1.165, 1.54) is 0 Å². The number of rotatable bonds is 4. The topological polar surface area (TPSA) is 68.7 Å². The van der Waals surface area contributed by atoms with Crippen LogP contribution in [0.3, 0.4) is 0 Å². The molecule has 5 rings (SSSR count). The second-order valence-corrected chi connectivity index (χ2v) is 8.24. The summed E-state index contributed by atoms with van der Waals surface area (Å²) in [5.74, 6) is -0.0278. The number of piperidine rings is 1. The summed E-state index contributed by atoms with van der Waals surface area (Å²) in [7, 11) is 0. The zero-order valence-corrected chi connectivity index (χ0v) is 17.1. The van der Waals surface area contributed by atoms with Crippen LogP contribution in [0.15, 0.2) is 66.9 Å². The molecule has 2 aliphatic rings. The van der Waals surface area contributed by atoms with Crippen molar-refractivity contribution >= 4 is 22.8 Å². The number of hydrogen-bond acceptors (Lipinski definition) is 5. The molecule has 2 atom stereocenters. The molecule has 0 spiro atoms. The number of aromatic nitrogens is 1. The Bertz CT molecular complexity index is 1090. The summed E-state index contributed by atoms with van der Waals surface area (Å²) in [6, 6.07) is 18.9. The second-order valence-electron chi connectivity index (χ2n) is 8.24. The molecule has 6 heteroatoms. The summed E-state index contributed by atoms with van der Waals surface area (Å²) >= 11 is 0. The van der Waals surface area contributed by atoms with Crippen LogP contribution in [-0.4, -0.2) is 47.1 Å². The number of nitrogens with zero attached hydrogens (tertiary/aromatic N) is 2. The maximum absolute atomic E-state index is 13.3. The quantitative estimate of drug-likeness (QED) is 0.595. The van der Waals surface area contributed by atoms with E-state index in [0.717, 1.165) is 16.5 Å². The van der Waals surface area contributed by atoms with Crippen LogP contribution in [0.2, 0.25) is 0 Å². The van der Waals surface area contributed by atoms with Crippen molar-refractivity contribution in [1.29, 1.82) is 0 Å². The van der Waals surface area contributed by atoms with Crippen LogP contribution in [0.4, 0.5) is 4.79 Å². The van der Waals surface area contributed by atoms with Crippen molar-refractivity contribution in [3.63, 3.8) is 0 Å². The largest absolute Gasteiger partial charge is 0.445 e. The third kappa shape index (κ3) is 4.03. The van der Waals surface area contributed by atoms with Gasteiger partial charge in [0, 0.05) is 23.1 Å². The van der Waals surface area contributed by atoms with Crippen molar-refractivity contribution in [3.05, 3.63) is 78.0 Å². The van der Waals surface area contributed by atoms with E-state index in [0.29, 0.717) is 31.6 Å². The number of morpholine rings is 1. The van der Waals surface area contributed by atoms with Gasteiger partial charge >= 0.3 is 6.09 Å². The average molecular weight is 416 g/mol. The first-order valence-corrected chi connectivity index (χ1v) is 10.6. The minimum atomic E-state index is -0.331. The Morgan fingerprint density at radius 3 is 2.55 bits per heavy atom. The zero-order chi connectivity index (χ0) is 21.2. The fourth-order valence-corrected chi connectivity index (χ4v) is 4.68. The number of carbonyl (C=O) groups excluding carboxylic acids is 2. The van der Waals surface area contributed by atoms with E-state index in [2.05, 4.69) is 4.98 Å². The molecule has 6 nitrogen and oxygen atoms in total. The van der Waals surface area contributed by atoms with E-state index in [1.54, 1.807) is 11.1 Å². The van der Waals surface area contributed by atoms with Crippen molar-refractivity contribution in [3.8, 4) is 0 Å². The van der Waals surface area contributed by atoms with Crippen LogP contribution < -0.4 is 0 Å². The maximum Gasteiger partial charge on any atom is 0.410 e. The van der Waals surface area contributed by atoms with Gasteiger partial charge in [-0.1, -0.05) is 48.5 Å². The lowest BCUT2D eigenvalue weighted by atomic mass is 9.80. The Kier molecular flexibility index (Phi) is 5.38. The molecule has 1 amide bonds. The van der Waals surface area contributed by atoms with Crippen LogP contribution in [0.5, 0.6) is 0 Å². The lowest BCUT2D eigenvalue weighted by molar-refractivity contribution is -0.0755. The van der Waals surface area contributed by atoms with E-state index >= 15 is 0 Å². The Morgan fingerprint density at radius 1 is 1.00 bits per heavy atom. The monoisotopic (exact) mass is 416 g/mol. The molecule has 2 aromatic carbocycles. The molecule has 2 saturated heterocycles. The summed E-state index contributed by atoms with van der Waals surface area (Å²) < 4.78 is 11.3. The van der Waals surface area contributed by atoms with E-state index in [4.69, 9.17) is 9.47 Å². The van der Waals surface area contributed by atoms with Gasteiger partial charge in [-0.05, 0) is 30.5 Å². The van der Waals surface area contributed by atoms with E-state index in [-0.39, 0.29) is 36.5 Å². The standard InChI is InChI=1S/C25H24N2O4/c28-24(19-9-8-18-7-4-10-26-23(18)13-19)20-11-21-15-30-16-22(12-20)27(21)25(29)31-14-17-5-2-1-3-6-17/h1-10,13,20-22H,11-12,14-16H2. The first-order valence-electron chi connectivity index (χ1n) is 10.6. The summed E-state index contributed by atoms with van der Waals surface area (Å²) in [4.78, 5) is 32.2. The van der Waals surface area contributed by atoms with Crippen molar-refractivity contribution in [1.82, 2.24) is 9.88 Å². The second kappa shape index (κ2) is 8.47. The Labute approximate surface area is 180 Å². The molecule has 158 valence electrons. The van der Waals surface area contributed by atoms with Gasteiger partial charge in [-0.2, -0.15) is 0 Å². The van der Waals surface area contributed by atoms with Gasteiger partial charge in [0.2, 0.25) is 0 Å². The number of fused-ring (bicyclic) bond motifs is 3. The molecule has 1 aromatic heterocycles. The number of pyridine rings is 1. The number of carbonyl (C=O) groups is 2. The van der Waals surface area contributed by atoms with Crippen LogP contribution in [-0.2, 0) is 16.1 Å². The zero-order valence-electron chi connectivity index (χ0n) is 17.1. The number of Topliss-reactive ketones (excluding diaryl/α,β-unsaturated/α-hetero) is 1. The molecule has 0 N–H and O–H groups in total. The normalized spacial score (nSPS) is 22.8. The number of ether oxygens (including phenoxy) is 2. The van der Waals surface area contributed by atoms with Crippen LogP contribution in [0, 0.1) is 5.92 Å². The number of benzene rings is 2. The van der Waals surface area contributed by atoms with Gasteiger partial charge in [-0.3, -0.25) is 14.7 Å². The SMILES string of the molecule is O=C(c1ccc2cccnc2c1)C1CC2COCC(C1)N2C(=O)OCc1ccccc1. The van der Waals surface area contributed by atoms with E-state index in [1.807, 2.05) is 60.7 Å². The maximum atomic E-state index is 13.3. The minimum absolute atomic E-state index is 0.113. The molecule has 0 saturated carbocycles. The molecule has 3 aromatic rings. The number of ketones is 1. The molecule has 2 aliphatic heterocycles. The first-order chi connectivity index (χ1) is 15.2. The molecular formula is C25H24N2O4. The lowest BCUT2D eigenvalue weighted by Crippen LogP contribution is -2.59. The average Bonchev–Trinajstić information content (AvgIpc) is 2.81. The van der Waals surface area contributed by atoms with Crippen molar-refractivity contribution in [2.24, 2.45) is 5.92 Å². The lowest BCUT2D eigenvalue weighted by Gasteiger charge is -2.47. The molecule has 2 fully saturated rings. The van der Waals surface area contributed by atoms with Gasteiger partial charge in [-0.25, -0.2) is 4.79 Å². The highest BCUT2D eigenvalue weighted by Gasteiger charge is 2.44. The van der Waals surface area contributed by atoms with Crippen molar-refractivity contribution in [2.75, 3.05) is 13.2 Å². The van der Waals surface area contributed by atoms with Crippen molar-refractivity contribution in [2.45, 2.75) is 31.5 Å². The van der Waals surface area contributed by atoms with Crippen LogP contribution in [0.1, 0.15) is 28.8 Å². The van der Waals surface area contributed by atoms with Gasteiger partial charge in [0.25, 0.3) is 0 Å². The Balaban J connectivity index is 1.29. The smallest absolute Gasteiger partial charge is 0.410 e. The molecule has 2 bridgehead atoms. The van der Waals surface area contributed by atoms with E-state index in [9.17, 15) is 9.59 Å². The summed E-state index contributed by atoms with van der Waals surface area (Å²) in [6.45, 7) is 1.10. The predicted octanol–water partition coefficient (Wildman–Crippen LogP) is 4.23. The third-order valence-corrected chi connectivity index (χ3v) is 6.20. The van der Waals surface area contributed by atoms with Gasteiger partial charge in [-0.15, -0.1) is 0 Å². The molecule has 0 aliphatic carbocycles. The van der Waals surface area contributed by atoms with Crippen LogP contribution in [0.25, 0.3) is 10.9 Å². The number of hydrogen-bond donors (Lipinski definition) is 0. The Morgan fingerprint density at radius 2 is 1.77 bits per heavy atom. The van der Waals surface area contributed by atoms with Crippen molar-refractivity contribution < 1.29 is 19.1 Å². The summed E-state index contributed by atoms with van der Waals surface area (Å²) in [6.07, 6.45) is 2.56. The first kappa shape index (κ1) is 19.7. The Hall–Kier alpha value is -3.25. The number of amides is 1. The molecule has 2 unspecified atom stereocenters. The predicted molar refractivity (Wildman–Crippen MR) is 116 cm³/mol. The molecular weight excluding hydrogens is 392 g/mol. The third-order valence-electron chi connectivity index (χ3n) is 6.20. The summed E-state index contributed by atoms with van der Waals surface area (Å²) in [5, 5.41) is 1.01. The van der Waals surface area contributed by atoms with Gasteiger partial charge in [0.05, 0.1) is 30.8 Å². The highest BCUT2D eigenvalue weighted by molar-refractivity contribution is 6.00. The molecule has 3 heterocycles. The highest BCUT2D eigenvalue weighted by atomic mass is 16.6. The molecule has 0 radical (unpaired) electrons. The van der Waals surface area contributed by atoms with E-state index < -0.39 is 0 Å². The van der Waals surface area contributed by atoms with Crippen LogP contribution >= 0.6 is 0 Å². The van der Waals surface area contributed by atoms with Gasteiger partial charge in [0.15, 0.2) is 5.78 Å². The highest BCUT2D eigenvalue weighted by Crippen LogP contribution is 2.34. The molecule has 31 heavy (non-hydrogen) atoms. The minimum Gasteiger partial charge on any atom is -0.445 e.